The molecular formula is C12H22N4. The van der Waals surface area contributed by atoms with Crippen LogP contribution in [0.15, 0.2) is 6.33 Å². The molecule has 1 aromatic heterocycles. The summed E-state index contributed by atoms with van der Waals surface area (Å²) in [6, 6.07) is 0.587. The number of rotatable bonds is 4. The Bertz CT molecular complexity index is 321. The molecule has 1 saturated heterocycles. The van der Waals surface area contributed by atoms with E-state index in [1.165, 1.54) is 12.8 Å². The third kappa shape index (κ3) is 2.82. The predicted octanol–water partition coefficient (Wildman–Crippen LogP) is 1.62. The molecule has 1 fully saturated rings. The van der Waals surface area contributed by atoms with Gasteiger partial charge in [-0.1, -0.05) is 13.8 Å². The lowest BCUT2D eigenvalue weighted by Gasteiger charge is -2.27. The highest BCUT2D eigenvalue weighted by Gasteiger charge is 2.20. The minimum atomic E-state index is 0.587. The van der Waals surface area contributed by atoms with E-state index >= 15 is 0 Å². The number of hydrogen-bond acceptors (Lipinski definition) is 3. The SMILES string of the molecule is CCCn1ncnc1CC1CC(C)CCN1. The quantitative estimate of drug-likeness (QED) is 0.842. The Hall–Kier alpha value is -0.900. The van der Waals surface area contributed by atoms with Gasteiger partial charge in [-0.15, -0.1) is 0 Å². The van der Waals surface area contributed by atoms with E-state index in [2.05, 4.69) is 29.2 Å². The van der Waals surface area contributed by atoms with E-state index in [0.717, 1.165) is 37.7 Å². The van der Waals surface area contributed by atoms with Gasteiger partial charge in [0.25, 0.3) is 0 Å². The number of aryl methyl sites for hydroxylation is 1. The van der Waals surface area contributed by atoms with Crippen LogP contribution < -0.4 is 5.32 Å². The van der Waals surface area contributed by atoms with Crippen LogP contribution in [0.3, 0.4) is 0 Å². The van der Waals surface area contributed by atoms with Crippen LogP contribution in [-0.4, -0.2) is 27.4 Å². The molecule has 2 rings (SSSR count). The minimum absolute atomic E-state index is 0.587. The highest BCUT2D eigenvalue weighted by molar-refractivity contribution is 4.91. The lowest BCUT2D eigenvalue weighted by molar-refractivity contribution is 0.312. The summed E-state index contributed by atoms with van der Waals surface area (Å²) in [4.78, 5) is 4.37. The fourth-order valence-corrected chi connectivity index (χ4v) is 2.44. The molecule has 0 aliphatic carbocycles. The lowest BCUT2D eigenvalue weighted by Crippen LogP contribution is -2.39. The van der Waals surface area contributed by atoms with Gasteiger partial charge >= 0.3 is 0 Å². The minimum Gasteiger partial charge on any atom is -0.314 e. The molecule has 16 heavy (non-hydrogen) atoms. The van der Waals surface area contributed by atoms with Crippen molar-refractivity contribution in [1.82, 2.24) is 20.1 Å². The fraction of sp³-hybridized carbons (Fsp3) is 0.833. The van der Waals surface area contributed by atoms with Gasteiger partial charge in [0.2, 0.25) is 0 Å². The second-order valence-corrected chi connectivity index (χ2v) is 4.88. The largest absolute Gasteiger partial charge is 0.314 e. The fourth-order valence-electron chi connectivity index (χ4n) is 2.44. The molecule has 0 aromatic carbocycles. The first-order valence-electron chi connectivity index (χ1n) is 6.39. The molecule has 1 aliphatic heterocycles. The molecule has 0 radical (unpaired) electrons. The van der Waals surface area contributed by atoms with E-state index in [-0.39, 0.29) is 0 Å². The molecule has 90 valence electrons. The maximum absolute atomic E-state index is 4.37. The molecular weight excluding hydrogens is 200 g/mol. The van der Waals surface area contributed by atoms with Crippen LogP contribution in [-0.2, 0) is 13.0 Å². The van der Waals surface area contributed by atoms with Crippen molar-refractivity contribution in [1.29, 1.82) is 0 Å². The van der Waals surface area contributed by atoms with Crippen LogP contribution >= 0.6 is 0 Å². The molecule has 2 heterocycles. The Kier molecular flexibility index (Phi) is 3.93. The van der Waals surface area contributed by atoms with Gasteiger partial charge in [0, 0.05) is 19.0 Å². The number of nitrogens with zero attached hydrogens (tertiary/aromatic N) is 3. The summed E-state index contributed by atoms with van der Waals surface area (Å²) in [5.74, 6) is 1.97. The summed E-state index contributed by atoms with van der Waals surface area (Å²) in [7, 11) is 0. The van der Waals surface area contributed by atoms with Gasteiger partial charge in [-0.25, -0.2) is 4.98 Å². The third-order valence-corrected chi connectivity index (χ3v) is 3.32. The van der Waals surface area contributed by atoms with Crippen LogP contribution in [0.25, 0.3) is 0 Å². The summed E-state index contributed by atoms with van der Waals surface area (Å²) in [6.45, 7) is 6.64. The van der Waals surface area contributed by atoms with Crippen molar-refractivity contribution in [2.45, 2.75) is 52.1 Å². The average Bonchev–Trinajstić information content (AvgIpc) is 2.66. The molecule has 1 aromatic rings. The Morgan fingerprint density at radius 1 is 1.56 bits per heavy atom. The van der Waals surface area contributed by atoms with Crippen LogP contribution in [0.2, 0.25) is 0 Å². The summed E-state index contributed by atoms with van der Waals surface area (Å²) in [5, 5.41) is 7.84. The van der Waals surface area contributed by atoms with Crippen LogP contribution in [0.4, 0.5) is 0 Å². The standard InChI is InChI=1S/C12H22N4/c1-3-6-16-12(14-9-15-16)8-11-7-10(2)4-5-13-11/h9-11,13H,3-8H2,1-2H3. The molecule has 0 bridgehead atoms. The monoisotopic (exact) mass is 222 g/mol. The van der Waals surface area contributed by atoms with Crippen molar-refractivity contribution in [2.75, 3.05) is 6.54 Å². The van der Waals surface area contributed by atoms with E-state index < -0.39 is 0 Å². The first kappa shape index (κ1) is 11.6. The zero-order valence-corrected chi connectivity index (χ0v) is 10.3. The topological polar surface area (TPSA) is 42.7 Å². The van der Waals surface area contributed by atoms with Gasteiger partial charge in [0.15, 0.2) is 0 Å². The second-order valence-electron chi connectivity index (χ2n) is 4.88. The molecule has 0 saturated carbocycles. The maximum atomic E-state index is 4.37. The van der Waals surface area contributed by atoms with E-state index in [4.69, 9.17) is 0 Å². The van der Waals surface area contributed by atoms with Crippen molar-refractivity contribution in [3.8, 4) is 0 Å². The summed E-state index contributed by atoms with van der Waals surface area (Å²) >= 11 is 0. The predicted molar refractivity (Wildman–Crippen MR) is 64.2 cm³/mol. The van der Waals surface area contributed by atoms with E-state index in [1.807, 2.05) is 4.68 Å². The van der Waals surface area contributed by atoms with Gasteiger partial charge in [-0.3, -0.25) is 4.68 Å². The molecule has 4 heteroatoms. The van der Waals surface area contributed by atoms with Gasteiger partial charge in [-0.05, 0) is 31.7 Å². The summed E-state index contributed by atoms with van der Waals surface area (Å²) < 4.78 is 2.04. The van der Waals surface area contributed by atoms with Gasteiger partial charge in [0.1, 0.15) is 12.2 Å². The smallest absolute Gasteiger partial charge is 0.138 e. The van der Waals surface area contributed by atoms with Crippen molar-refractivity contribution in [3.63, 3.8) is 0 Å². The summed E-state index contributed by atoms with van der Waals surface area (Å²) in [5.41, 5.74) is 0. The van der Waals surface area contributed by atoms with E-state index in [9.17, 15) is 0 Å². The van der Waals surface area contributed by atoms with E-state index in [0.29, 0.717) is 6.04 Å². The van der Waals surface area contributed by atoms with Crippen LogP contribution in [0, 0.1) is 5.92 Å². The maximum Gasteiger partial charge on any atom is 0.138 e. The molecule has 2 unspecified atom stereocenters. The zero-order valence-electron chi connectivity index (χ0n) is 10.3. The number of hydrogen-bond donors (Lipinski definition) is 1. The normalized spacial score (nSPS) is 25.9. The number of nitrogens with one attached hydrogen (secondary N) is 1. The Morgan fingerprint density at radius 2 is 2.44 bits per heavy atom. The van der Waals surface area contributed by atoms with Crippen LogP contribution in [0.5, 0.6) is 0 Å². The summed E-state index contributed by atoms with van der Waals surface area (Å²) in [6.07, 6.45) is 6.38. The van der Waals surface area contributed by atoms with Crippen molar-refractivity contribution in [3.05, 3.63) is 12.2 Å². The van der Waals surface area contributed by atoms with Crippen molar-refractivity contribution >= 4 is 0 Å². The van der Waals surface area contributed by atoms with E-state index in [1.54, 1.807) is 6.33 Å². The molecule has 1 aliphatic rings. The molecule has 4 nitrogen and oxygen atoms in total. The third-order valence-electron chi connectivity index (χ3n) is 3.32. The molecule has 0 spiro atoms. The van der Waals surface area contributed by atoms with Crippen molar-refractivity contribution in [2.24, 2.45) is 5.92 Å². The average molecular weight is 222 g/mol. The van der Waals surface area contributed by atoms with Gasteiger partial charge in [0.05, 0.1) is 0 Å². The van der Waals surface area contributed by atoms with Crippen LogP contribution in [0.1, 0.15) is 38.9 Å². The Morgan fingerprint density at radius 3 is 3.19 bits per heavy atom. The highest BCUT2D eigenvalue weighted by Crippen LogP contribution is 2.17. The number of piperidine rings is 1. The highest BCUT2D eigenvalue weighted by atomic mass is 15.3. The first-order chi connectivity index (χ1) is 7.79. The number of aromatic nitrogens is 3. The first-order valence-corrected chi connectivity index (χ1v) is 6.39. The van der Waals surface area contributed by atoms with Crippen molar-refractivity contribution < 1.29 is 0 Å². The lowest BCUT2D eigenvalue weighted by atomic mass is 9.92. The molecule has 2 atom stereocenters. The Labute approximate surface area is 97.5 Å². The molecule has 0 amide bonds. The zero-order chi connectivity index (χ0) is 11.4. The second kappa shape index (κ2) is 5.43. The Balaban J connectivity index is 1.94. The van der Waals surface area contributed by atoms with Gasteiger partial charge < -0.3 is 5.32 Å². The molecule has 1 N–H and O–H groups in total. The van der Waals surface area contributed by atoms with Gasteiger partial charge in [-0.2, -0.15) is 5.10 Å².